The van der Waals surface area contributed by atoms with Crippen molar-refractivity contribution in [2.24, 2.45) is 10.7 Å². The number of amides is 1. The second-order valence-corrected chi connectivity index (χ2v) is 3.81. The minimum atomic E-state index is -0.174. The van der Waals surface area contributed by atoms with Crippen molar-refractivity contribution < 1.29 is 9.53 Å². The smallest absolute Gasteiger partial charge is 0.242 e. The number of hydrogen-bond donors (Lipinski definition) is 3. The number of nitrogens with two attached hydrogens (primary N) is 1. The van der Waals surface area contributed by atoms with Crippen molar-refractivity contribution in [3.63, 3.8) is 0 Å². The number of nitrogens with one attached hydrogen (secondary N) is 2. The third-order valence-corrected chi connectivity index (χ3v) is 2.37. The summed E-state index contributed by atoms with van der Waals surface area (Å²) in [6.07, 6.45) is 3.95. The van der Waals surface area contributed by atoms with Gasteiger partial charge in [0.15, 0.2) is 5.96 Å². The molecule has 1 unspecified atom stereocenters. The summed E-state index contributed by atoms with van der Waals surface area (Å²) in [5.41, 5.74) is 5.61. The van der Waals surface area contributed by atoms with Gasteiger partial charge in [0, 0.05) is 19.7 Å². The maximum Gasteiger partial charge on any atom is 0.242 e. The maximum absolute atomic E-state index is 11.2. The van der Waals surface area contributed by atoms with Gasteiger partial charge < -0.3 is 21.1 Å². The van der Waals surface area contributed by atoms with Gasteiger partial charge in [0.1, 0.15) is 6.54 Å². The monoisotopic (exact) mass is 240 g/mol. The fourth-order valence-corrected chi connectivity index (χ4v) is 1.48. The van der Waals surface area contributed by atoms with Gasteiger partial charge in [-0.3, -0.25) is 4.79 Å². The van der Waals surface area contributed by atoms with Crippen molar-refractivity contribution in [3.05, 3.63) is 12.7 Å². The highest BCUT2D eigenvalue weighted by atomic mass is 16.5. The van der Waals surface area contributed by atoms with Crippen LogP contribution in [-0.2, 0) is 9.53 Å². The van der Waals surface area contributed by atoms with E-state index in [0.717, 1.165) is 19.4 Å². The summed E-state index contributed by atoms with van der Waals surface area (Å²) in [6, 6.07) is 0. The summed E-state index contributed by atoms with van der Waals surface area (Å²) in [4.78, 5) is 15.1. The highest BCUT2D eigenvalue weighted by molar-refractivity contribution is 5.83. The Labute approximate surface area is 101 Å². The molecule has 0 aromatic rings. The first-order chi connectivity index (χ1) is 8.22. The normalized spacial score (nSPS) is 20.0. The van der Waals surface area contributed by atoms with E-state index in [4.69, 9.17) is 10.5 Å². The lowest BCUT2D eigenvalue weighted by atomic mass is 10.2. The molecule has 17 heavy (non-hydrogen) atoms. The molecule has 0 aliphatic carbocycles. The summed E-state index contributed by atoms with van der Waals surface area (Å²) >= 11 is 0. The third kappa shape index (κ3) is 5.91. The van der Waals surface area contributed by atoms with Crippen LogP contribution in [0.2, 0.25) is 0 Å². The predicted molar refractivity (Wildman–Crippen MR) is 66.7 cm³/mol. The van der Waals surface area contributed by atoms with Gasteiger partial charge >= 0.3 is 0 Å². The summed E-state index contributed by atoms with van der Waals surface area (Å²) < 4.78 is 5.42. The van der Waals surface area contributed by atoms with Crippen molar-refractivity contribution in [1.29, 1.82) is 0 Å². The highest BCUT2D eigenvalue weighted by Gasteiger charge is 2.14. The molecule has 1 rings (SSSR count). The molecule has 96 valence electrons. The molecule has 1 amide bonds. The minimum absolute atomic E-state index is 0.0260. The van der Waals surface area contributed by atoms with E-state index in [2.05, 4.69) is 22.2 Å². The second-order valence-electron chi connectivity index (χ2n) is 3.81. The van der Waals surface area contributed by atoms with Gasteiger partial charge in [0.2, 0.25) is 5.91 Å². The molecule has 4 N–H and O–H groups in total. The van der Waals surface area contributed by atoms with Crippen molar-refractivity contribution in [2.45, 2.75) is 18.9 Å². The van der Waals surface area contributed by atoms with Gasteiger partial charge in [-0.15, -0.1) is 6.58 Å². The molecule has 0 aromatic carbocycles. The Morgan fingerprint density at radius 1 is 1.59 bits per heavy atom. The predicted octanol–water partition coefficient (Wildman–Crippen LogP) is -0.628. The van der Waals surface area contributed by atoms with Crippen molar-refractivity contribution in [1.82, 2.24) is 10.6 Å². The van der Waals surface area contributed by atoms with Crippen LogP contribution in [0.3, 0.4) is 0 Å². The van der Waals surface area contributed by atoms with Gasteiger partial charge in [-0.05, 0) is 12.8 Å². The van der Waals surface area contributed by atoms with Crippen LogP contribution >= 0.6 is 0 Å². The molecular weight excluding hydrogens is 220 g/mol. The summed E-state index contributed by atoms with van der Waals surface area (Å²) in [5.74, 6) is 0.0982. The average Bonchev–Trinajstić information content (AvgIpc) is 2.84. The maximum atomic E-state index is 11.2. The van der Waals surface area contributed by atoms with Crippen LogP contribution < -0.4 is 16.4 Å². The molecule has 0 aromatic heterocycles. The molecule has 1 saturated heterocycles. The first kappa shape index (κ1) is 13.5. The fraction of sp³-hybridized carbons (Fsp3) is 0.636. The van der Waals surface area contributed by atoms with E-state index < -0.39 is 0 Å². The molecule has 6 nitrogen and oxygen atoms in total. The number of carbonyl (C=O) groups is 1. The molecule has 0 radical (unpaired) electrons. The first-order valence-corrected chi connectivity index (χ1v) is 5.75. The summed E-state index contributed by atoms with van der Waals surface area (Å²) in [5, 5.41) is 5.55. The van der Waals surface area contributed by atoms with Crippen LogP contribution in [0, 0.1) is 0 Å². The summed E-state index contributed by atoms with van der Waals surface area (Å²) in [7, 11) is 0. The summed E-state index contributed by atoms with van der Waals surface area (Å²) in [6.45, 7) is 5.42. The fourth-order valence-electron chi connectivity index (χ4n) is 1.48. The Morgan fingerprint density at radius 3 is 3.06 bits per heavy atom. The molecule has 0 spiro atoms. The Morgan fingerprint density at radius 2 is 2.41 bits per heavy atom. The molecule has 1 aliphatic rings. The van der Waals surface area contributed by atoms with Crippen LogP contribution in [0.25, 0.3) is 0 Å². The molecule has 0 bridgehead atoms. The zero-order valence-corrected chi connectivity index (χ0v) is 9.95. The van der Waals surface area contributed by atoms with E-state index in [1.807, 2.05) is 0 Å². The molecule has 1 atom stereocenters. The van der Waals surface area contributed by atoms with E-state index in [9.17, 15) is 4.79 Å². The quantitative estimate of drug-likeness (QED) is 0.328. The van der Waals surface area contributed by atoms with Crippen LogP contribution in [0.4, 0.5) is 0 Å². The van der Waals surface area contributed by atoms with Gasteiger partial charge in [-0.25, -0.2) is 4.99 Å². The molecule has 1 aliphatic heterocycles. The molecule has 1 fully saturated rings. The molecule has 0 saturated carbocycles. The Bertz CT molecular complexity index is 285. The van der Waals surface area contributed by atoms with Crippen molar-refractivity contribution >= 4 is 11.9 Å². The van der Waals surface area contributed by atoms with Crippen LogP contribution in [0.1, 0.15) is 12.8 Å². The first-order valence-electron chi connectivity index (χ1n) is 5.75. The zero-order valence-electron chi connectivity index (χ0n) is 9.95. The molecular formula is C11H20N4O2. The molecule has 1 heterocycles. The number of rotatable bonds is 6. The van der Waals surface area contributed by atoms with Gasteiger partial charge in [-0.2, -0.15) is 0 Å². The third-order valence-electron chi connectivity index (χ3n) is 2.37. The molecule has 6 heteroatoms. The average molecular weight is 240 g/mol. The SMILES string of the molecule is C=CCNC(=O)CN=C(N)NCC1CCCO1. The lowest BCUT2D eigenvalue weighted by molar-refractivity contribution is -0.119. The lowest BCUT2D eigenvalue weighted by Gasteiger charge is -2.10. The number of ether oxygens (including phenoxy) is 1. The van der Waals surface area contributed by atoms with Crippen LogP contribution in [0.5, 0.6) is 0 Å². The number of guanidine groups is 1. The van der Waals surface area contributed by atoms with Crippen molar-refractivity contribution in [2.75, 3.05) is 26.2 Å². The second kappa shape index (κ2) is 7.67. The Hall–Kier alpha value is -1.56. The lowest BCUT2D eigenvalue weighted by Crippen LogP contribution is -2.38. The standard InChI is InChI=1S/C11H20N4O2/c1-2-5-13-10(16)8-15-11(12)14-7-9-4-3-6-17-9/h2,9H,1,3-8H2,(H,13,16)(H3,12,14,15). The van der Waals surface area contributed by atoms with Gasteiger partial charge in [0.05, 0.1) is 6.10 Å². The number of carbonyl (C=O) groups excluding carboxylic acids is 1. The van der Waals surface area contributed by atoms with E-state index >= 15 is 0 Å². The Balaban J connectivity index is 2.14. The topological polar surface area (TPSA) is 88.7 Å². The minimum Gasteiger partial charge on any atom is -0.376 e. The van der Waals surface area contributed by atoms with Crippen LogP contribution in [0.15, 0.2) is 17.6 Å². The van der Waals surface area contributed by atoms with Gasteiger partial charge in [0.25, 0.3) is 0 Å². The largest absolute Gasteiger partial charge is 0.376 e. The van der Waals surface area contributed by atoms with Crippen molar-refractivity contribution in [3.8, 4) is 0 Å². The van der Waals surface area contributed by atoms with E-state index in [1.165, 1.54) is 0 Å². The van der Waals surface area contributed by atoms with E-state index in [1.54, 1.807) is 6.08 Å². The van der Waals surface area contributed by atoms with E-state index in [0.29, 0.717) is 13.1 Å². The zero-order chi connectivity index (χ0) is 12.5. The number of hydrogen-bond acceptors (Lipinski definition) is 3. The van der Waals surface area contributed by atoms with E-state index in [-0.39, 0.29) is 24.5 Å². The Kier molecular flexibility index (Phi) is 6.09. The number of aliphatic imine (C=N–C) groups is 1. The number of nitrogens with zero attached hydrogens (tertiary/aromatic N) is 1. The highest BCUT2D eigenvalue weighted by Crippen LogP contribution is 2.10. The van der Waals surface area contributed by atoms with Crippen LogP contribution in [-0.4, -0.2) is 44.2 Å². The van der Waals surface area contributed by atoms with Gasteiger partial charge in [-0.1, -0.05) is 6.08 Å².